The Balaban J connectivity index is 0.00000650. The van der Waals surface area contributed by atoms with Crippen molar-refractivity contribution in [1.29, 1.82) is 0 Å². The molecule has 0 heterocycles. The monoisotopic (exact) mass is 781 g/mol. The van der Waals surface area contributed by atoms with Crippen molar-refractivity contribution >= 4 is 70.6 Å². The minimum atomic E-state index is -5.27. The molecule has 49 heavy (non-hydrogen) atoms. The molecule has 0 spiro atoms. The third kappa shape index (κ3) is 9.94. The van der Waals surface area contributed by atoms with E-state index in [9.17, 15) is 53.9 Å². The first-order chi connectivity index (χ1) is 22.3. The van der Waals surface area contributed by atoms with Gasteiger partial charge in [0.2, 0.25) is 0 Å². The fourth-order valence-corrected chi connectivity index (χ4v) is 5.35. The number of aromatic hydroxyl groups is 1. The SMILES string of the molecule is Nc1ccc(N=Nc2cccc(/C(N=Nc3cc(S(=O)(=O)O)cc(S(=O)(=O)O)c3O)=N/[N-]c3cc(S(=O)(=O)O)ccc3C(=O)O)c2)cc1.[Cu+]. The fraction of sp³-hybridized carbons (Fsp3) is 0. The number of benzene rings is 4. The number of carboxylic acids is 1. The van der Waals surface area contributed by atoms with Crippen molar-refractivity contribution in [2.24, 2.45) is 25.6 Å². The van der Waals surface area contributed by atoms with Gasteiger partial charge in [0.25, 0.3) is 30.4 Å². The number of anilines is 1. The number of hydrogen-bond donors (Lipinski definition) is 6. The van der Waals surface area contributed by atoms with E-state index in [2.05, 4.69) is 31.0 Å². The summed E-state index contributed by atoms with van der Waals surface area (Å²) in [5.41, 5.74) is 8.41. The molecule has 260 valence electrons. The molecule has 0 amide bonds. The van der Waals surface area contributed by atoms with Crippen LogP contribution in [-0.4, -0.2) is 60.9 Å². The average Bonchev–Trinajstić information content (AvgIpc) is 2.99. The molecule has 0 atom stereocenters. The molecule has 4 rings (SSSR count). The minimum absolute atomic E-state index is 0. The molecular formula is C26H20CuN7O12S3. The Kier molecular flexibility index (Phi) is 11.7. The number of azo groups is 2. The molecule has 19 nitrogen and oxygen atoms in total. The summed E-state index contributed by atoms with van der Waals surface area (Å²) >= 11 is 0. The average molecular weight is 782 g/mol. The molecule has 0 saturated heterocycles. The molecule has 0 saturated carbocycles. The van der Waals surface area contributed by atoms with Gasteiger partial charge in [-0.25, -0.2) is 4.79 Å². The number of nitrogens with two attached hydrogens (primary N) is 1. The Morgan fingerprint density at radius 1 is 0.714 bits per heavy atom. The van der Waals surface area contributed by atoms with E-state index in [1.165, 1.54) is 24.3 Å². The van der Waals surface area contributed by atoms with Crippen LogP contribution in [0.2, 0.25) is 0 Å². The first-order valence-electron chi connectivity index (χ1n) is 12.6. The van der Waals surface area contributed by atoms with Gasteiger partial charge in [0, 0.05) is 16.8 Å². The van der Waals surface area contributed by atoms with E-state index in [1.807, 2.05) is 0 Å². The van der Waals surface area contributed by atoms with Gasteiger partial charge < -0.3 is 26.5 Å². The van der Waals surface area contributed by atoms with Crippen LogP contribution < -0.4 is 5.73 Å². The summed E-state index contributed by atoms with van der Waals surface area (Å²) in [7, 11) is -15.2. The van der Waals surface area contributed by atoms with Crippen LogP contribution in [0.15, 0.2) is 119 Å². The van der Waals surface area contributed by atoms with Crippen LogP contribution in [-0.2, 0) is 47.4 Å². The van der Waals surface area contributed by atoms with E-state index < -0.39 is 79.5 Å². The number of nitrogen functional groups attached to an aromatic ring is 1. The molecule has 4 aromatic rings. The first-order valence-corrected chi connectivity index (χ1v) is 16.9. The molecule has 0 fully saturated rings. The quantitative estimate of drug-likeness (QED) is 0.0235. The van der Waals surface area contributed by atoms with E-state index in [0.717, 1.165) is 12.1 Å². The number of phenolic OH excluding ortho intramolecular Hbond substituents is 1. The zero-order valence-electron chi connectivity index (χ0n) is 23.9. The van der Waals surface area contributed by atoms with Gasteiger partial charge in [-0.15, -0.1) is 15.9 Å². The summed E-state index contributed by atoms with van der Waals surface area (Å²) in [4.78, 5) is 8.57. The Morgan fingerprint density at radius 2 is 1.35 bits per heavy atom. The third-order valence-corrected chi connectivity index (χ3v) is 8.43. The molecule has 23 heteroatoms. The number of hydrogen-bond acceptors (Lipinski definition) is 13. The number of carbonyl (C=O) groups is 1. The van der Waals surface area contributed by atoms with Crippen LogP contribution in [0.4, 0.5) is 28.4 Å². The first kappa shape index (κ1) is 38.3. The van der Waals surface area contributed by atoms with Crippen LogP contribution in [0.25, 0.3) is 5.43 Å². The van der Waals surface area contributed by atoms with Crippen LogP contribution in [0.1, 0.15) is 15.9 Å². The predicted octanol–water partition coefficient (Wildman–Crippen LogP) is 4.98. The predicted molar refractivity (Wildman–Crippen MR) is 166 cm³/mol. The second-order valence-electron chi connectivity index (χ2n) is 9.26. The standard InChI is InChI=1S/C26H21N7O12S3.Cu/c27-15-4-6-16(7-5-15)28-29-17-3-1-2-14(10-17)25(32-30-21-11-18(46(37,38)39)8-9-20(21)26(35)36)33-31-22-12-19(47(40,41)42)13-23(24(22)34)48(43,44)45;/h1-13H,(H8,27,28,29,30,31,32,33,34,35,36,37,38,39,40,41,42,43,44,45);/q;+1/p-1. The van der Waals surface area contributed by atoms with Crippen LogP contribution >= 0.6 is 0 Å². The summed E-state index contributed by atoms with van der Waals surface area (Å²) in [6, 6.07) is 15.0. The van der Waals surface area contributed by atoms with Crippen molar-refractivity contribution in [2.45, 2.75) is 14.7 Å². The van der Waals surface area contributed by atoms with Crippen molar-refractivity contribution in [1.82, 2.24) is 0 Å². The number of phenols is 1. The minimum Gasteiger partial charge on any atom is -0.573 e. The number of amidine groups is 1. The number of aromatic carboxylic acids is 1. The van der Waals surface area contributed by atoms with E-state index in [-0.39, 0.29) is 34.4 Å². The normalized spacial score (nSPS) is 12.6. The van der Waals surface area contributed by atoms with Crippen molar-refractivity contribution < 1.29 is 71.0 Å². The molecule has 0 aliphatic carbocycles. The van der Waals surface area contributed by atoms with Crippen LogP contribution in [0, 0.1) is 0 Å². The van der Waals surface area contributed by atoms with Crippen molar-refractivity contribution in [3.8, 4) is 5.75 Å². The second-order valence-corrected chi connectivity index (χ2v) is 13.5. The Hall–Kier alpha value is -5.13. The molecular weight excluding hydrogens is 762 g/mol. The smallest absolute Gasteiger partial charge is 0.573 e. The van der Waals surface area contributed by atoms with Gasteiger partial charge >= 0.3 is 23.0 Å². The summed E-state index contributed by atoms with van der Waals surface area (Å²) in [5, 5.41) is 39.3. The molecule has 0 bridgehead atoms. The van der Waals surface area contributed by atoms with Gasteiger partial charge in [0.05, 0.1) is 21.2 Å². The van der Waals surface area contributed by atoms with Gasteiger partial charge in [-0.2, -0.15) is 35.5 Å². The second kappa shape index (κ2) is 15.0. The third-order valence-electron chi connectivity index (χ3n) is 5.88. The molecule has 0 aromatic heterocycles. The van der Waals surface area contributed by atoms with Crippen LogP contribution in [0.5, 0.6) is 5.75 Å². The van der Waals surface area contributed by atoms with Crippen molar-refractivity contribution in [3.63, 3.8) is 0 Å². The Bertz CT molecular complexity index is 2350. The largest absolute Gasteiger partial charge is 1.00 e. The maximum Gasteiger partial charge on any atom is 1.00 e. The molecule has 0 unspecified atom stereocenters. The molecule has 0 aliphatic rings. The van der Waals surface area contributed by atoms with Gasteiger partial charge in [0.1, 0.15) is 10.6 Å². The van der Waals surface area contributed by atoms with E-state index in [0.29, 0.717) is 23.5 Å². The van der Waals surface area contributed by atoms with Gasteiger partial charge in [-0.05, 0) is 60.7 Å². The van der Waals surface area contributed by atoms with E-state index in [1.54, 1.807) is 24.3 Å². The summed E-state index contributed by atoms with van der Waals surface area (Å²) in [6.07, 6.45) is 0. The van der Waals surface area contributed by atoms with Gasteiger partial charge in [-0.3, -0.25) is 13.7 Å². The topological polar surface area (TPSA) is 323 Å². The zero-order valence-corrected chi connectivity index (χ0v) is 27.3. The van der Waals surface area contributed by atoms with E-state index >= 15 is 0 Å². The van der Waals surface area contributed by atoms with Gasteiger partial charge in [-0.1, -0.05) is 18.2 Å². The van der Waals surface area contributed by atoms with Gasteiger partial charge in [0.15, 0.2) is 11.6 Å². The number of carboxylic acid groups (broad SMARTS) is 1. The molecule has 7 N–H and O–H groups in total. The maximum atomic E-state index is 11.8. The van der Waals surface area contributed by atoms with Crippen molar-refractivity contribution in [3.05, 3.63) is 95.4 Å². The Morgan fingerprint density at radius 3 is 1.94 bits per heavy atom. The zero-order chi connectivity index (χ0) is 35.4. The summed E-state index contributed by atoms with van der Waals surface area (Å²) in [6.45, 7) is 0. The number of nitrogens with zero attached hydrogens (tertiary/aromatic N) is 6. The molecule has 4 aromatic carbocycles. The molecule has 0 radical (unpaired) electrons. The maximum absolute atomic E-state index is 11.8. The van der Waals surface area contributed by atoms with E-state index in [4.69, 9.17) is 5.73 Å². The summed E-state index contributed by atoms with van der Waals surface area (Å²) < 4.78 is 98.7. The summed E-state index contributed by atoms with van der Waals surface area (Å²) in [5.74, 6) is -3.41. The van der Waals surface area contributed by atoms with Crippen molar-refractivity contribution in [2.75, 3.05) is 5.73 Å². The fourth-order valence-electron chi connectivity index (χ4n) is 3.63. The Labute approximate surface area is 287 Å². The molecule has 0 aliphatic heterocycles. The number of rotatable bonds is 10. The van der Waals surface area contributed by atoms with Crippen LogP contribution in [0.3, 0.4) is 0 Å².